The first-order valence-corrected chi connectivity index (χ1v) is 14.6. The molecule has 2 heterocycles. The van der Waals surface area contributed by atoms with Crippen LogP contribution in [0.15, 0.2) is 53.4 Å². The van der Waals surface area contributed by atoms with Gasteiger partial charge in [-0.25, -0.2) is 16.8 Å². The van der Waals surface area contributed by atoms with Crippen LogP contribution in [0.4, 0.5) is 5.69 Å². The number of hydrogen-bond acceptors (Lipinski definition) is 6. The zero-order chi connectivity index (χ0) is 23.1. The van der Waals surface area contributed by atoms with Crippen LogP contribution in [-0.2, 0) is 19.7 Å². The van der Waals surface area contributed by atoms with Crippen molar-refractivity contribution in [2.45, 2.75) is 36.0 Å². The highest BCUT2D eigenvalue weighted by Gasteiger charge is 2.48. The van der Waals surface area contributed by atoms with Crippen LogP contribution in [0.2, 0.25) is 5.02 Å². The van der Waals surface area contributed by atoms with E-state index in [1.807, 2.05) is 55.1 Å². The zero-order valence-electron chi connectivity index (χ0n) is 18.3. The summed E-state index contributed by atoms with van der Waals surface area (Å²) in [5.41, 5.74) is 2.07. The Morgan fingerprint density at radius 3 is 2.22 bits per heavy atom. The topological polar surface area (TPSA) is 74.8 Å². The van der Waals surface area contributed by atoms with Gasteiger partial charge >= 0.3 is 0 Å². The maximum absolute atomic E-state index is 13.5. The molecule has 0 saturated carbocycles. The number of sulfone groups is 2. The Morgan fingerprint density at radius 2 is 1.62 bits per heavy atom. The summed E-state index contributed by atoms with van der Waals surface area (Å²) in [6.45, 7) is 6.67. The summed E-state index contributed by atoms with van der Waals surface area (Å²) in [6.07, 6.45) is 0. The Hall–Kier alpha value is -1.61. The van der Waals surface area contributed by atoms with E-state index in [1.165, 1.54) is 0 Å². The largest absolute Gasteiger partial charge is 0.369 e. The number of halogens is 1. The molecular formula is C23H29ClN2O4S2. The molecule has 9 heteroatoms. The highest BCUT2D eigenvalue weighted by atomic mass is 35.5. The second-order valence-corrected chi connectivity index (χ2v) is 13.7. The normalized spacial score (nSPS) is 24.2. The number of anilines is 1. The van der Waals surface area contributed by atoms with E-state index in [2.05, 4.69) is 4.90 Å². The van der Waals surface area contributed by atoms with Crippen molar-refractivity contribution in [1.82, 2.24) is 4.90 Å². The molecular weight excluding hydrogens is 468 g/mol. The van der Waals surface area contributed by atoms with Crippen molar-refractivity contribution in [3.8, 4) is 0 Å². The summed E-state index contributed by atoms with van der Waals surface area (Å²) in [4.78, 5) is 4.43. The van der Waals surface area contributed by atoms with Crippen LogP contribution in [0.25, 0.3) is 0 Å². The third-order valence-electron chi connectivity index (χ3n) is 6.50. The molecule has 2 aliphatic heterocycles. The van der Waals surface area contributed by atoms with Crippen LogP contribution in [-0.4, -0.2) is 70.7 Å². The molecule has 4 rings (SSSR count). The molecule has 0 radical (unpaired) electrons. The number of benzene rings is 2. The van der Waals surface area contributed by atoms with E-state index in [0.29, 0.717) is 37.1 Å². The molecule has 0 amide bonds. The van der Waals surface area contributed by atoms with E-state index in [9.17, 15) is 16.8 Å². The molecule has 174 valence electrons. The Kier molecular flexibility index (Phi) is 6.60. The molecule has 2 aromatic rings. The molecule has 6 nitrogen and oxygen atoms in total. The van der Waals surface area contributed by atoms with Crippen LogP contribution in [0.1, 0.15) is 25.3 Å². The summed E-state index contributed by atoms with van der Waals surface area (Å²) in [7, 11) is -7.20. The van der Waals surface area contributed by atoms with Crippen LogP contribution in [0, 0.1) is 0 Å². The van der Waals surface area contributed by atoms with Gasteiger partial charge in [-0.2, -0.15) is 0 Å². The van der Waals surface area contributed by atoms with Crippen LogP contribution in [0.5, 0.6) is 0 Å². The lowest BCUT2D eigenvalue weighted by Crippen LogP contribution is -2.55. The van der Waals surface area contributed by atoms with E-state index in [1.54, 1.807) is 12.1 Å². The number of nitrogens with zero attached hydrogens (tertiary/aromatic N) is 2. The molecule has 2 aliphatic rings. The highest BCUT2D eigenvalue weighted by molar-refractivity contribution is 7.96. The van der Waals surface area contributed by atoms with Crippen molar-refractivity contribution >= 4 is 37.0 Å². The van der Waals surface area contributed by atoms with Gasteiger partial charge in [0.1, 0.15) is 0 Å². The molecule has 2 saturated heterocycles. The standard InChI is InChI=1S/C23H29ClN2O4S2/c1-17(2)18-6-8-21(9-7-18)32(29,30)23-16-31(27,28)15-22(23)26-12-10-25(11-13-26)20-5-3-4-19(24)14-20/h3-9,14,17,22-23H,10-13,15-16H2,1-2H3/t22-,23-/m0/s1. The summed E-state index contributed by atoms with van der Waals surface area (Å²) >= 11 is 6.11. The van der Waals surface area contributed by atoms with Gasteiger partial charge in [-0.1, -0.05) is 43.6 Å². The first kappa shape index (κ1) is 23.5. The average Bonchev–Trinajstić information content (AvgIpc) is 3.10. The SMILES string of the molecule is CC(C)c1ccc(S(=O)(=O)[C@H]2CS(=O)(=O)C[C@@H]2N2CCN(c3cccc(Cl)c3)CC2)cc1. The fourth-order valence-corrected chi connectivity index (χ4v) is 9.65. The Bertz CT molecular complexity index is 1170. The van der Waals surface area contributed by atoms with Crippen molar-refractivity contribution in [3.05, 3.63) is 59.1 Å². The first-order valence-electron chi connectivity index (χ1n) is 10.9. The lowest BCUT2D eigenvalue weighted by Gasteiger charge is -2.40. The molecule has 0 aliphatic carbocycles. The summed E-state index contributed by atoms with van der Waals surface area (Å²) < 4.78 is 52.0. The fraction of sp³-hybridized carbons (Fsp3) is 0.478. The van der Waals surface area contributed by atoms with Crippen molar-refractivity contribution in [3.63, 3.8) is 0 Å². The second-order valence-electron chi connectivity index (χ2n) is 8.95. The summed E-state index contributed by atoms with van der Waals surface area (Å²) in [6, 6.07) is 14.0. The van der Waals surface area contributed by atoms with Crippen molar-refractivity contribution in [2.24, 2.45) is 0 Å². The first-order chi connectivity index (χ1) is 15.1. The second kappa shape index (κ2) is 8.97. The molecule has 2 fully saturated rings. The van der Waals surface area contributed by atoms with E-state index in [-0.39, 0.29) is 16.4 Å². The van der Waals surface area contributed by atoms with Crippen LogP contribution < -0.4 is 4.90 Å². The van der Waals surface area contributed by atoms with Gasteiger partial charge in [-0.3, -0.25) is 4.90 Å². The maximum Gasteiger partial charge on any atom is 0.183 e. The number of hydrogen-bond donors (Lipinski definition) is 0. The zero-order valence-corrected chi connectivity index (χ0v) is 20.7. The summed E-state index contributed by atoms with van der Waals surface area (Å²) in [5.74, 6) is -0.138. The van der Waals surface area contributed by atoms with E-state index >= 15 is 0 Å². The van der Waals surface area contributed by atoms with Crippen molar-refractivity contribution in [2.75, 3.05) is 42.6 Å². The van der Waals surface area contributed by atoms with Crippen LogP contribution >= 0.6 is 11.6 Å². The minimum atomic E-state index is -3.77. The van der Waals surface area contributed by atoms with E-state index in [0.717, 1.165) is 11.3 Å². The van der Waals surface area contributed by atoms with Gasteiger partial charge in [0.25, 0.3) is 0 Å². The van der Waals surface area contributed by atoms with Gasteiger partial charge in [-0.15, -0.1) is 0 Å². The van der Waals surface area contributed by atoms with Gasteiger partial charge in [0, 0.05) is 42.9 Å². The van der Waals surface area contributed by atoms with Gasteiger partial charge in [0.05, 0.1) is 21.7 Å². The van der Waals surface area contributed by atoms with Gasteiger partial charge in [0.2, 0.25) is 0 Å². The molecule has 0 spiro atoms. The predicted molar refractivity (Wildman–Crippen MR) is 129 cm³/mol. The number of rotatable bonds is 5. The fourth-order valence-electron chi connectivity index (χ4n) is 4.64. The molecule has 0 bridgehead atoms. The van der Waals surface area contributed by atoms with Gasteiger partial charge in [-0.05, 0) is 41.8 Å². The maximum atomic E-state index is 13.5. The average molecular weight is 497 g/mol. The minimum absolute atomic E-state index is 0.113. The summed E-state index contributed by atoms with van der Waals surface area (Å²) in [5, 5.41) is -0.281. The van der Waals surface area contributed by atoms with Crippen molar-refractivity contribution < 1.29 is 16.8 Å². The quantitative estimate of drug-likeness (QED) is 0.632. The monoisotopic (exact) mass is 496 g/mol. The van der Waals surface area contributed by atoms with Crippen LogP contribution in [0.3, 0.4) is 0 Å². The highest BCUT2D eigenvalue weighted by Crippen LogP contribution is 2.31. The van der Waals surface area contributed by atoms with Gasteiger partial charge in [0.15, 0.2) is 19.7 Å². The lowest BCUT2D eigenvalue weighted by atomic mass is 10.0. The number of piperazine rings is 1. The molecule has 0 unspecified atom stereocenters. The smallest absolute Gasteiger partial charge is 0.183 e. The lowest BCUT2D eigenvalue weighted by molar-refractivity contribution is 0.201. The molecule has 0 aromatic heterocycles. The molecule has 32 heavy (non-hydrogen) atoms. The minimum Gasteiger partial charge on any atom is -0.369 e. The van der Waals surface area contributed by atoms with E-state index in [4.69, 9.17) is 11.6 Å². The molecule has 2 aromatic carbocycles. The van der Waals surface area contributed by atoms with Gasteiger partial charge < -0.3 is 4.90 Å². The third kappa shape index (κ3) is 4.83. The Labute approximate surface area is 196 Å². The van der Waals surface area contributed by atoms with E-state index < -0.39 is 31.0 Å². The Balaban J connectivity index is 1.54. The predicted octanol–water partition coefficient (Wildman–Crippen LogP) is 3.22. The third-order valence-corrected chi connectivity index (χ3v) is 10.9. The molecule has 0 N–H and O–H groups in total. The Morgan fingerprint density at radius 1 is 0.969 bits per heavy atom. The molecule has 2 atom stereocenters. The van der Waals surface area contributed by atoms with Crippen molar-refractivity contribution in [1.29, 1.82) is 0 Å².